The van der Waals surface area contributed by atoms with Gasteiger partial charge in [-0.2, -0.15) is 0 Å². The van der Waals surface area contributed by atoms with Crippen LogP contribution in [-0.2, 0) is 5.60 Å². The van der Waals surface area contributed by atoms with Gasteiger partial charge in [0.15, 0.2) is 0 Å². The summed E-state index contributed by atoms with van der Waals surface area (Å²) in [5.41, 5.74) is 2.12. The molecule has 102 valence electrons. The highest BCUT2D eigenvalue weighted by Gasteiger charge is 2.35. The SMILES string of the molecule is OC1(c2cccc3ccccc23)CC=Cc2ccccc21. The second kappa shape index (κ2) is 4.57. The maximum atomic E-state index is 11.4. The summed E-state index contributed by atoms with van der Waals surface area (Å²) in [5, 5.41) is 13.7. The van der Waals surface area contributed by atoms with Crippen molar-refractivity contribution in [2.45, 2.75) is 12.0 Å². The van der Waals surface area contributed by atoms with Crippen LogP contribution in [0, 0.1) is 0 Å². The van der Waals surface area contributed by atoms with Gasteiger partial charge in [-0.3, -0.25) is 0 Å². The minimum atomic E-state index is -0.952. The van der Waals surface area contributed by atoms with Crippen LogP contribution in [0.2, 0.25) is 0 Å². The van der Waals surface area contributed by atoms with Crippen molar-refractivity contribution in [3.63, 3.8) is 0 Å². The molecule has 1 aliphatic rings. The summed E-state index contributed by atoms with van der Waals surface area (Å²) in [5.74, 6) is 0. The van der Waals surface area contributed by atoms with E-state index in [4.69, 9.17) is 0 Å². The lowest BCUT2D eigenvalue weighted by molar-refractivity contribution is 0.0843. The Morgan fingerprint density at radius 2 is 1.48 bits per heavy atom. The molecule has 0 bridgehead atoms. The topological polar surface area (TPSA) is 20.2 Å². The monoisotopic (exact) mass is 272 g/mol. The molecule has 0 amide bonds. The predicted octanol–water partition coefficient (Wildman–Crippen LogP) is 4.49. The van der Waals surface area contributed by atoms with Crippen molar-refractivity contribution in [2.75, 3.05) is 0 Å². The first-order chi connectivity index (χ1) is 10.3. The lowest BCUT2D eigenvalue weighted by Gasteiger charge is -2.33. The molecule has 0 aliphatic heterocycles. The Hall–Kier alpha value is -2.38. The van der Waals surface area contributed by atoms with Crippen molar-refractivity contribution in [1.29, 1.82) is 0 Å². The Bertz CT molecular complexity index is 842. The number of aliphatic hydroxyl groups is 1. The van der Waals surface area contributed by atoms with E-state index in [1.165, 1.54) is 0 Å². The van der Waals surface area contributed by atoms with Crippen molar-refractivity contribution in [3.05, 3.63) is 89.5 Å². The minimum Gasteiger partial charge on any atom is -0.380 e. The van der Waals surface area contributed by atoms with Crippen LogP contribution in [0.15, 0.2) is 72.8 Å². The van der Waals surface area contributed by atoms with E-state index in [2.05, 4.69) is 36.4 Å². The Kier molecular flexibility index (Phi) is 2.69. The zero-order chi connectivity index (χ0) is 14.3. The molecule has 3 aromatic rings. The first-order valence-electron chi connectivity index (χ1n) is 7.26. The molecule has 21 heavy (non-hydrogen) atoms. The van der Waals surface area contributed by atoms with Gasteiger partial charge in [0.25, 0.3) is 0 Å². The fourth-order valence-corrected chi connectivity index (χ4v) is 3.33. The molecule has 0 saturated carbocycles. The van der Waals surface area contributed by atoms with Crippen LogP contribution in [-0.4, -0.2) is 5.11 Å². The standard InChI is InChI=1S/C20H16O/c21-20(14-6-10-16-8-2-4-12-18(16)20)19-13-5-9-15-7-1-3-11-17(15)19/h1-13,21H,14H2. The maximum Gasteiger partial charge on any atom is 0.119 e. The van der Waals surface area contributed by atoms with Gasteiger partial charge >= 0.3 is 0 Å². The molecule has 1 heteroatoms. The Morgan fingerprint density at radius 1 is 0.762 bits per heavy atom. The lowest BCUT2D eigenvalue weighted by Crippen LogP contribution is -2.29. The summed E-state index contributed by atoms with van der Waals surface area (Å²) < 4.78 is 0. The number of hydrogen-bond donors (Lipinski definition) is 1. The Balaban J connectivity index is 2.02. The zero-order valence-electron chi connectivity index (χ0n) is 11.7. The fourth-order valence-electron chi connectivity index (χ4n) is 3.33. The van der Waals surface area contributed by atoms with E-state index in [0.29, 0.717) is 6.42 Å². The van der Waals surface area contributed by atoms with E-state index in [-0.39, 0.29) is 0 Å². The first kappa shape index (κ1) is 12.4. The van der Waals surface area contributed by atoms with Gasteiger partial charge in [0, 0.05) is 6.42 Å². The van der Waals surface area contributed by atoms with Gasteiger partial charge in [-0.1, -0.05) is 78.9 Å². The molecule has 1 atom stereocenters. The summed E-state index contributed by atoms with van der Waals surface area (Å²) in [6.07, 6.45) is 4.76. The van der Waals surface area contributed by atoms with E-state index in [1.807, 2.05) is 42.5 Å². The average Bonchev–Trinajstić information content (AvgIpc) is 2.55. The number of benzene rings is 3. The number of rotatable bonds is 1. The van der Waals surface area contributed by atoms with Crippen LogP contribution < -0.4 is 0 Å². The largest absolute Gasteiger partial charge is 0.380 e. The normalized spacial score (nSPS) is 20.4. The molecule has 0 aromatic heterocycles. The van der Waals surface area contributed by atoms with Gasteiger partial charge < -0.3 is 5.11 Å². The van der Waals surface area contributed by atoms with Gasteiger partial charge in [0.05, 0.1) is 0 Å². The van der Waals surface area contributed by atoms with Gasteiger partial charge in [0.2, 0.25) is 0 Å². The average molecular weight is 272 g/mol. The molecular formula is C20H16O. The summed E-state index contributed by atoms with van der Waals surface area (Å²) in [4.78, 5) is 0. The van der Waals surface area contributed by atoms with Crippen molar-refractivity contribution < 1.29 is 5.11 Å². The van der Waals surface area contributed by atoms with Crippen LogP contribution in [0.3, 0.4) is 0 Å². The highest BCUT2D eigenvalue weighted by atomic mass is 16.3. The Morgan fingerprint density at radius 3 is 2.43 bits per heavy atom. The second-order valence-corrected chi connectivity index (χ2v) is 5.58. The third-order valence-electron chi connectivity index (χ3n) is 4.35. The molecule has 0 spiro atoms. The smallest absolute Gasteiger partial charge is 0.119 e. The van der Waals surface area contributed by atoms with Crippen molar-refractivity contribution in [1.82, 2.24) is 0 Å². The van der Waals surface area contributed by atoms with E-state index in [0.717, 1.165) is 27.5 Å². The Labute approximate surface area is 124 Å². The van der Waals surface area contributed by atoms with Crippen molar-refractivity contribution >= 4 is 16.8 Å². The van der Waals surface area contributed by atoms with Gasteiger partial charge in [0.1, 0.15) is 5.60 Å². The molecule has 0 fully saturated rings. The van der Waals surface area contributed by atoms with E-state index >= 15 is 0 Å². The molecule has 1 nitrogen and oxygen atoms in total. The molecule has 1 aliphatic carbocycles. The van der Waals surface area contributed by atoms with Gasteiger partial charge in [-0.05, 0) is 27.5 Å². The predicted molar refractivity (Wildman–Crippen MR) is 87.0 cm³/mol. The van der Waals surface area contributed by atoms with Crippen molar-refractivity contribution in [3.8, 4) is 0 Å². The highest BCUT2D eigenvalue weighted by Crippen LogP contribution is 2.41. The van der Waals surface area contributed by atoms with E-state index in [1.54, 1.807) is 0 Å². The fraction of sp³-hybridized carbons (Fsp3) is 0.100. The molecule has 0 radical (unpaired) electrons. The summed E-state index contributed by atoms with van der Waals surface area (Å²) in [7, 11) is 0. The molecule has 0 heterocycles. The second-order valence-electron chi connectivity index (χ2n) is 5.58. The van der Waals surface area contributed by atoms with Crippen molar-refractivity contribution in [2.24, 2.45) is 0 Å². The molecule has 1 N–H and O–H groups in total. The maximum absolute atomic E-state index is 11.4. The van der Waals surface area contributed by atoms with E-state index in [9.17, 15) is 5.11 Å². The van der Waals surface area contributed by atoms with Crippen LogP contribution in [0.5, 0.6) is 0 Å². The lowest BCUT2D eigenvalue weighted by atomic mass is 9.76. The van der Waals surface area contributed by atoms with Crippen LogP contribution in [0.1, 0.15) is 23.1 Å². The number of hydrogen-bond acceptors (Lipinski definition) is 1. The van der Waals surface area contributed by atoms with E-state index < -0.39 is 5.60 Å². The molecule has 0 saturated heterocycles. The summed E-state index contributed by atoms with van der Waals surface area (Å²) in [6, 6.07) is 22.5. The van der Waals surface area contributed by atoms with Gasteiger partial charge in [-0.25, -0.2) is 0 Å². The summed E-state index contributed by atoms with van der Waals surface area (Å²) in [6.45, 7) is 0. The highest BCUT2D eigenvalue weighted by molar-refractivity contribution is 5.87. The molecular weight excluding hydrogens is 256 g/mol. The van der Waals surface area contributed by atoms with Crippen LogP contribution >= 0.6 is 0 Å². The quantitative estimate of drug-likeness (QED) is 0.692. The van der Waals surface area contributed by atoms with Crippen LogP contribution in [0.4, 0.5) is 0 Å². The third kappa shape index (κ3) is 1.82. The molecule has 4 rings (SSSR count). The summed E-state index contributed by atoms with van der Waals surface area (Å²) >= 11 is 0. The third-order valence-corrected chi connectivity index (χ3v) is 4.35. The molecule has 3 aromatic carbocycles. The number of fused-ring (bicyclic) bond motifs is 2. The van der Waals surface area contributed by atoms with Gasteiger partial charge in [-0.15, -0.1) is 0 Å². The molecule has 1 unspecified atom stereocenters. The first-order valence-corrected chi connectivity index (χ1v) is 7.26. The minimum absolute atomic E-state index is 0.609. The zero-order valence-corrected chi connectivity index (χ0v) is 11.7. The van der Waals surface area contributed by atoms with Crippen LogP contribution in [0.25, 0.3) is 16.8 Å².